The van der Waals surface area contributed by atoms with E-state index in [1.54, 1.807) is 24.3 Å². The summed E-state index contributed by atoms with van der Waals surface area (Å²) in [6.07, 6.45) is -2.20. The molecule has 1 atom stereocenters. The van der Waals surface area contributed by atoms with Crippen LogP contribution < -0.4 is 10.6 Å². The van der Waals surface area contributed by atoms with Gasteiger partial charge in [-0.15, -0.1) is 11.3 Å². The van der Waals surface area contributed by atoms with E-state index in [0.29, 0.717) is 32.9 Å². The number of thiophene rings is 1. The van der Waals surface area contributed by atoms with Crippen LogP contribution >= 0.6 is 27.3 Å². The fourth-order valence-electron chi connectivity index (χ4n) is 4.44. The van der Waals surface area contributed by atoms with Gasteiger partial charge in [0.15, 0.2) is 0 Å². The van der Waals surface area contributed by atoms with Crippen LogP contribution in [0.25, 0.3) is 0 Å². The summed E-state index contributed by atoms with van der Waals surface area (Å²) in [5.41, 5.74) is 0.873. The van der Waals surface area contributed by atoms with Gasteiger partial charge in [0, 0.05) is 15.0 Å². The van der Waals surface area contributed by atoms with Crippen LogP contribution in [0.2, 0.25) is 0 Å². The number of hydrogen-bond acceptors (Lipinski definition) is 3. The summed E-state index contributed by atoms with van der Waals surface area (Å²) in [5, 5.41) is 5.91. The van der Waals surface area contributed by atoms with E-state index in [2.05, 4.69) is 47.3 Å². The smallest absolute Gasteiger partial charge is 0.322 e. The first-order chi connectivity index (χ1) is 16.8. The van der Waals surface area contributed by atoms with Crippen molar-refractivity contribution >= 4 is 49.8 Å². The van der Waals surface area contributed by atoms with E-state index in [-0.39, 0.29) is 17.0 Å². The Balaban J connectivity index is 1.70. The van der Waals surface area contributed by atoms with Crippen molar-refractivity contribution in [2.75, 3.05) is 10.6 Å². The molecule has 2 amide bonds. The number of rotatable bonds is 4. The van der Waals surface area contributed by atoms with Crippen LogP contribution in [0.3, 0.4) is 0 Å². The number of nitrogens with one attached hydrogen (secondary N) is 2. The van der Waals surface area contributed by atoms with E-state index in [1.165, 1.54) is 23.5 Å². The van der Waals surface area contributed by atoms with Gasteiger partial charge < -0.3 is 10.6 Å². The van der Waals surface area contributed by atoms with Crippen LogP contribution in [0, 0.1) is 11.3 Å². The van der Waals surface area contributed by atoms with Crippen molar-refractivity contribution in [2.24, 2.45) is 11.3 Å². The Hall–Kier alpha value is -2.65. The standard InChI is InChI=1S/C27H26BrF3N2O2S/c1-26(2,3)15-11-12-19-21(14-15)36-25(33-23(34)18-9-4-5-10-20(18)28)22(19)24(35)32-17-8-6-7-16(13-17)27(29,30)31/h4-10,13,15H,11-12,14H2,1-3H3,(H,32,35)(H,33,34). The fraction of sp³-hybridized carbons (Fsp3) is 0.333. The Morgan fingerprint density at radius 3 is 2.39 bits per heavy atom. The molecule has 0 saturated heterocycles. The number of carbonyl (C=O) groups is 2. The molecule has 1 aromatic heterocycles. The average Bonchev–Trinajstić information content (AvgIpc) is 3.15. The Morgan fingerprint density at radius 1 is 1.00 bits per heavy atom. The lowest BCUT2D eigenvalue weighted by Crippen LogP contribution is -2.27. The lowest BCUT2D eigenvalue weighted by Gasteiger charge is -2.33. The number of carbonyl (C=O) groups excluding carboxylic acids is 2. The lowest BCUT2D eigenvalue weighted by atomic mass is 9.72. The summed E-state index contributed by atoms with van der Waals surface area (Å²) in [5.74, 6) is -0.500. The summed E-state index contributed by atoms with van der Waals surface area (Å²) in [6, 6.07) is 11.5. The Morgan fingerprint density at radius 2 is 1.72 bits per heavy atom. The predicted molar refractivity (Wildman–Crippen MR) is 141 cm³/mol. The van der Waals surface area contributed by atoms with Crippen molar-refractivity contribution in [1.29, 1.82) is 0 Å². The zero-order valence-electron chi connectivity index (χ0n) is 20.1. The molecule has 0 spiro atoms. The number of alkyl halides is 3. The largest absolute Gasteiger partial charge is 0.416 e. The van der Waals surface area contributed by atoms with Gasteiger partial charge in [0.2, 0.25) is 0 Å². The highest BCUT2D eigenvalue weighted by molar-refractivity contribution is 9.10. The molecular weight excluding hydrogens is 553 g/mol. The summed E-state index contributed by atoms with van der Waals surface area (Å²) in [6.45, 7) is 6.56. The summed E-state index contributed by atoms with van der Waals surface area (Å²) < 4.78 is 40.1. The summed E-state index contributed by atoms with van der Waals surface area (Å²) in [7, 11) is 0. The maximum absolute atomic E-state index is 13.4. The summed E-state index contributed by atoms with van der Waals surface area (Å²) in [4.78, 5) is 27.5. The second kappa shape index (κ2) is 10.0. The molecule has 0 fully saturated rings. The molecule has 4 rings (SSSR count). The highest BCUT2D eigenvalue weighted by Crippen LogP contribution is 2.44. The second-order valence-corrected chi connectivity index (χ2v) is 11.9. The van der Waals surface area contributed by atoms with Crippen molar-refractivity contribution < 1.29 is 22.8 Å². The van der Waals surface area contributed by atoms with Crippen molar-refractivity contribution in [1.82, 2.24) is 0 Å². The number of fused-ring (bicyclic) bond motifs is 1. The molecule has 36 heavy (non-hydrogen) atoms. The zero-order chi connectivity index (χ0) is 26.3. The van der Waals surface area contributed by atoms with Crippen LogP contribution in [-0.4, -0.2) is 11.8 Å². The third-order valence-corrected chi connectivity index (χ3v) is 8.37. The second-order valence-electron chi connectivity index (χ2n) is 9.98. The first-order valence-corrected chi connectivity index (χ1v) is 13.1. The SMILES string of the molecule is CC(C)(C)C1CCc2c(sc(NC(=O)c3ccccc3Br)c2C(=O)Nc2cccc(C(F)(F)F)c2)C1. The van der Waals surface area contributed by atoms with Crippen LogP contribution in [0.1, 0.15) is 63.9 Å². The van der Waals surface area contributed by atoms with Gasteiger partial charge in [0.1, 0.15) is 5.00 Å². The molecule has 9 heteroatoms. The lowest BCUT2D eigenvalue weighted by molar-refractivity contribution is -0.137. The van der Waals surface area contributed by atoms with Crippen LogP contribution in [0.5, 0.6) is 0 Å². The van der Waals surface area contributed by atoms with Crippen molar-refractivity contribution in [3.63, 3.8) is 0 Å². The van der Waals surface area contributed by atoms with E-state index in [1.807, 2.05) is 0 Å². The Labute approximate surface area is 220 Å². The molecule has 0 radical (unpaired) electrons. The minimum absolute atomic E-state index is 0.0428. The highest BCUT2D eigenvalue weighted by Gasteiger charge is 2.35. The molecule has 4 nitrogen and oxygen atoms in total. The van der Waals surface area contributed by atoms with Crippen LogP contribution in [0.15, 0.2) is 53.0 Å². The molecule has 0 saturated carbocycles. The third kappa shape index (κ3) is 5.67. The number of hydrogen-bond donors (Lipinski definition) is 2. The van der Waals surface area contributed by atoms with Gasteiger partial charge in [0.25, 0.3) is 11.8 Å². The molecule has 0 bridgehead atoms. The first kappa shape index (κ1) is 26.4. The number of halogens is 4. The fourth-order valence-corrected chi connectivity index (χ4v) is 6.22. The first-order valence-electron chi connectivity index (χ1n) is 11.5. The van der Waals surface area contributed by atoms with Crippen LogP contribution in [0.4, 0.5) is 23.9 Å². The van der Waals surface area contributed by atoms with E-state index < -0.39 is 17.6 Å². The monoisotopic (exact) mass is 578 g/mol. The molecule has 2 aromatic carbocycles. The van der Waals surface area contributed by atoms with E-state index in [4.69, 9.17) is 0 Å². The molecule has 1 aliphatic carbocycles. The number of anilines is 2. The van der Waals surface area contributed by atoms with Gasteiger partial charge in [-0.2, -0.15) is 13.2 Å². The summed E-state index contributed by atoms with van der Waals surface area (Å²) >= 11 is 4.75. The van der Waals surface area contributed by atoms with Gasteiger partial charge in [-0.25, -0.2) is 0 Å². The molecule has 1 aliphatic rings. The zero-order valence-corrected chi connectivity index (χ0v) is 22.5. The third-order valence-electron chi connectivity index (χ3n) is 6.51. The molecule has 1 heterocycles. The minimum atomic E-state index is -4.52. The normalized spacial score (nSPS) is 15.8. The van der Waals surface area contributed by atoms with Crippen molar-refractivity contribution in [2.45, 2.75) is 46.2 Å². The molecule has 1 unspecified atom stereocenters. The van der Waals surface area contributed by atoms with Gasteiger partial charge in [-0.1, -0.05) is 39.0 Å². The Bertz CT molecular complexity index is 1310. The molecule has 2 N–H and O–H groups in total. The topological polar surface area (TPSA) is 58.2 Å². The Kier molecular flexibility index (Phi) is 7.35. The predicted octanol–water partition coefficient (Wildman–Crippen LogP) is 8.19. The number of benzene rings is 2. The van der Waals surface area contributed by atoms with Crippen LogP contribution in [-0.2, 0) is 19.0 Å². The van der Waals surface area contributed by atoms with E-state index in [0.717, 1.165) is 35.4 Å². The molecule has 190 valence electrons. The quantitative estimate of drug-likeness (QED) is 0.328. The maximum atomic E-state index is 13.4. The van der Waals surface area contributed by atoms with E-state index in [9.17, 15) is 22.8 Å². The van der Waals surface area contributed by atoms with Gasteiger partial charge in [-0.3, -0.25) is 9.59 Å². The van der Waals surface area contributed by atoms with Crippen molar-refractivity contribution in [3.05, 3.63) is 80.1 Å². The molecular formula is C27H26BrF3N2O2S. The van der Waals surface area contributed by atoms with Crippen molar-refractivity contribution in [3.8, 4) is 0 Å². The number of amides is 2. The van der Waals surface area contributed by atoms with Gasteiger partial charge in [-0.05, 0) is 82.4 Å². The minimum Gasteiger partial charge on any atom is -0.322 e. The van der Waals surface area contributed by atoms with E-state index >= 15 is 0 Å². The van der Waals surface area contributed by atoms with Gasteiger partial charge >= 0.3 is 6.18 Å². The average molecular weight is 579 g/mol. The highest BCUT2D eigenvalue weighted by atomic mass is 79.9. The van der Waals surface area contributed by atoms with Gasteiger partial charge in [0.05, 0.1) is 16.7 Å². The molecule has 3 aromatic rings. The maximum Gasteiger partial charge on any atom is 0.416 e. The molecule has 0 aliphatic heterocycles.